The molecule has 0 aromatic carbocycles. The molecule has 1 unspecified atom stereocenters. The lowest BCUT2D eigenvalue weighted by molar-refractivity contribution is -0.120. The molecule has 0 heterocycles. The van der Waals surface area contributed by atoms with E-state index in [9.17, 15) is 4.79 Å². The van der Waals surface area contributed by atoms with Gasteiger partial charge >= 0.3 is 0 Å². The molecule has 2 aliphatic carbocycles. The standard InChI is InChI=1S/C17H33N3O/c1-19-16(17(18)21)12-13-20(14-8-4-2-5-9-14)15-10-6-3-7-11-15/h14-16,19H,2-13H2,1H3,(H2,18,21). The van der Waals surface area contributed by atoms with Crippen LogP contribution in [0.3, 0.4) is 0 Å². The van der Waals surface area contributed by atoms with E-state index in [2.05, 4.69) is 10.2 Å². The Kier molecular flexibility index (Phi) is 6.97. The van der Waals surface area contributed by atoms with Crippen molar-refractivity contribution in [3.8, 4) is 0 Å². The van der Waals surface area contributed by atoms with Crippen LogP contribution in [0, 0.1) is 0 Å². The monoisotopic (exact) mass is 295 g/mol. The molecule has 3 N–H and O–H groups in total. The maximum Gasteiger partial charge on any atom is 0.234 e. The first-order valence-corrected chi connectivity index (χ1v) is 8.94. The Labute approximate surface area is 129 Å². The summed E-state index contributed by atoms with van der Waals surface area (Å²) >= 11 is 0. The number of hydrogen-bond donors (Lipinski definition) is 2. The van der Waals surface area contributed by atoms with Crippen LogP contribution in [0.15, 0.2) is 0 Å². The van der Waals surface area contributed by atoms with Crippen molar-refractivity contribution in [3.05, 3.63) is 0 Å². The topological polar surface area (TPSA) is 58.4 Å². The van der Waals surface area contributed by atoms with E-state index in [1.54, 1.807) is 0 Å². The van der Waals surface area contributed by atoms with Crippen LogP contribution in [0.25, 0.3) is 0 Å². The third-order valence-corrected chi connectivity index (χ3v) is 5.46. The van der Waals surface area contributed by atoms with Gasteiger partial charge in [-0.1, -0.05) is 38.5 Å². The molecule has 2 rings (SSSR count). The summed E-state index contributed by atoms with van der Waals surface area (Å²) in [4.78, 5) is 14.2. The predicted octanol–water partition coefficient (Wildman–Crippen LogP) is 2.42. The Morgan fingerprint density at radius 1 is 1.05 bits per heavy atom. The Bertz CT molecular complexity index is 291. The number of nitrogens with zero attached hydrogens (tertiary/aromatic N) is 1. The molecule has 21 heavy (non-hydrogen) atoms. The normalized spacial score (nSPS) is 23.3. The fraction of sp³-hybridized carbons (Fsp3) is 0.941. The lowest BCUT2D eigenvalue weighted by atomic mass is 9.88. The van der Waals surface area contributed by atoms with Crippen molar-refractivity contribution >= 4 is 5.91 Å². The highest BCUT2D eigenvalue weighted by Gasteiger charge is 2.29. The SMILES string of the molecule is CNC(CCN(C1CCCCC1)C1CCCCC1)C(N)=O. The van der Waals surface area contributed by atoms with E-state index >= 15 is 0 Å². The average molecular weight is 295 g/mol. The Hall–Kier alpha value is -0.610. The zero-order chi connectivity index (χ0) is 15.1. The molecule has 4 nitrogen and oxygen atoms in total. The minimum atomic E-state index is -0.218. The Balaban J connectivity index is 1.94. The molecular weight excluding hydrogens is 262 g/mol. The van der Waals surface area contributed by atoms with Crippen LogP contribution in [0.1, 0.15) is 70.6 Å². The van der Waals surface area contributed by atoms with E-state index in [1.807, 2.05) is 7.05 Å². The zero-order valence-electron chi connectivity index (χ0n) is 13.7. The van der Waals surface area contributed by atoms with E-state index < -0.39 is 0 Å². The smallest absolute Gasteiger partial charge is 0.234 e. The molecule has 0 aromatic rings. The summed E-state index contributed by atoms with van der Waals surface area (Å²) in [6.45, 7) is 1.02. The first kappa shape index (κ1) is 16.8. The van der Waals surface area contributed by atoms with Crippen LogP contribution >= 0.6 is 0 Å². The van der Waals surface area contributed by atoms with E-state index in [0.717, 1.165) is 25.0 Å². The van der Waals surface area contributed by atoms with Crippen LogP contribution < -0.4 is 11.1 Å². The van der Waals surface area contributed by atoms with Gasteiger partial charge in [0, 0.05) is 18.6 Å². The number of nitrogens with one attached hydrogen (secondary N) is 1. The van der Waals surface area contributed by atoms with E-state index in [4.69, 9.17) is 5.73 Å². The molecule has 0 radical (unpaired) electrons. The van der Waals surface area contributed by atoms with Crippen molar-refractivity contribution < 1.29 is 4.79 Å². The van der Waals surface area contributed by atoms with E-state index in [-0.39, 0.29) is 11.9 Å². The summed E-state index contributed by atoms with van der Waals surface area (Å²) in [6.07, 6.45) is 14.5. The van der Waals surface area contributed by atoms with Crippen LogP contribution in [-0.2, 0) is 4.79 Å². The maximum atomic E-state index is 11.4. The van der Waals surface area contributed by atoms with Crippen molar-refractivity contribution in [2.75, 3.05) is 13.6 Å². The average Bonchev–Trinajstić information content (AvgIpc) is 2.53. The molecule has 122 valence electrons. The van der Waals surface area contributed by atoms with Crippen molar-refractivity contribution in [3.63, 3.8) is 0 Å². The van der Waals surface area contributed by atoms with Crippen molar-refractivity contribution in [1.82, 2.24) is 10.2 Å². The van der Waals surface area contributed by atoms with Gasteiger partial charge in [-0.3, -0.25) is 9.69 Å². The molecule has 0 aromatic heterocycles. The van der Waals surface area contributed by atoms with Gasteiger partial charge in [0.15, 0.2) is 0 Å². The van der Waals surface area contributed by atoms with Crippen LogP contribution in [-0.4, -0.2) is 42.5 Å². The summed E-state index contributed by atoms with van der Waals surface area (Å²) in [5.41, 5.74) is 5.47. The minimum absolute atomic E-state index is 0.181. The highest BCUT2D eigenvalue weighted by Crippen LogP contribution is 2.30. The second-order valence-electron chi connectivity index (χ2n) is 6.85. The molecular formula is C17H33N3O. The molecule has 2 saturated carbocycles. The third kappa shape index (κ3) is 4.96. The summed E-state index contributed by atoms with van der Waals surface area (Å²) in [5.74, 6) is -0.218. The van der Waals surface area contributed by atoms with Crippen LogP contribution in [0.4, 0.5) is 0 Å². The summed E-state index contributed by atoms with van der Waals surface area (Å²) in [6, 6.07) is 1.30. The van der Waals surface area contributed by atoms with Gasteiger partial charge in [-0.25, -0.2) is 0 Å². The summed E-state index contributed by atoms with van der Waals surface area (Å²) < 4.78 is 0. The number of carbonyl (C=O) groups excluding carboxylic acids is 1. The van der Waals surface area contributed by atoms with Gasteiger partial charge in [0.25, 0.3) is 0 Å². The van der Waals surface area contributed by atoms with Crippen molar-refractivity contribution in [2.24, 2.45) is 5.73 Å². The van der Waals surface area contributed by atoms with Crippen molar-refractivity contribution in [2.45, 2.75) is 88.8 Å². The van der Waals surface area contributed by atoms with Gasteiger partial charge in [0.2, 0.25) is 5.91 Å². The van der Waals surface area contributed by atoms with Gasteiger partial charge in [0.1, 0.15) is 0 Å². The van der Waals surface area contributed by atoms with Crippen molar-refractivity contribution in [1.29, 1.82) is 0 Å². The molecule has 4 heteroatoms. The zero-order valence-corrected chi connectivity index (χ0v) is 13.7. The first-order valence-electron chi connectivity index (χ1n) is 8.94. The van der Waals surface area contributed by atoms with Gasteiger partial charge in [-0.15, -0.1) is 0 Å². The van der Waals surface area contributed by atoms with E-state index in [1.165, 1.54) is 64.2 Å². The number of likely N-dealkylation sites (N-methyl/N-ethyl adjacent to an activating group) is 1. The minimum Gasteiger partial charge on any atom is -0.368 e. The highest BCUT2D eigenvalue weighted by atomic mass is 16.1. The fourth-order valence-corrected chi connectivity index (χ4v) is 4.20. The van der Waals surface area contributed by atoms with Crippen LogP contribution in [0.5, 0.6) is 0 Å². The second-order valence-corrected chi connectivity index (χ2v) is 6.85. The molecule has 0 saturated heterocycles. The van der Waals surface area contributed by atoms with Gasteiger partial charge in [-0.05, 0) is 39.2 Å². The molecule has 2 aliphatic rings. The number of amides is 1. The Morgan fingerprint density at radius 3 is 1.90 bits per heavy atom. The second kappa shape index (κ2) is 8.74. The maximum absolute atomic E-state index is 11.4. The molecule has 1 amide bonds. The number of rotatable bonds is 7. The molecule has 1 atom stereocenters. The summed E-state index contributed by atoms with van der Waals surface area (Å²) in [7, 11) is 1.83. The molecule has 0 aliphatic heterocycles. The number of nitrogens with two attached hydrogens (primary N) is 1. The lowest BCUT2D eigenvalue weighted by Crippen LogP contribution is -2.48. The quantitative estimate of drug-likeness (QED) is 0.758. The first-order chi connectivity index (χ1) is 10.2. The number of hydrogen-bond acceptors (Lipinski definition) is 3. The largest absolute Gasteiger partial charge is 0.368 e. The van der Waals surface area contributed by atoms with E-state index in [0.29, 0.717) is 0 Å². The fourth-order valence-electron chi connectivity index (χ4n) is 4.20. The lowest BCUT2D eigenvalue weighted by Gasteiger charge is -2.42. The highest BCUT2D eigenvalue weighted by molar-refractivity contribution is 5.79. The van der Waals surface area contributed by atoms with Crippen LogP contribution in [0.2, 0.25) is 0 Å². The molecule has 2 fully saturated rings. The third-order valence-electron chi connectivity index (χ3n) is 5.46. The molecule has 0 bridgehead atoms. The predicted molar refractivity (Wildman–Crippen MR) is 87.1 cm³/mol. The van der Waals surface area contributed by atoms with Gasteiger partial charge in [-0.2, -0.15) is 0 Å². The summed E-state index contributed by atoms with van der Waals surface area (Å²) in [5, 5.41) is 3.06. The Morgan fingerprint density at radius 2 is 1.52 bits per heavy atom. The number of primary amides is 1. The molecule has 0 spiro atoms. The van der Waals surface area contributed by atoms with Gasteiger partial charge in [0.05, 0.1) is 6.04 Å². The van der Waals surface area contributed by atoms with Gasteiger partial charge < -0.3 is 11.1 Å². The number of carbonyl (C=O) groups is 1.